The largest absolute Gasteiger partial charge is 0.497 e. The van der Waals surface area contributed by atoms with Crippen LogP contribution in [0.2, 0.25) is 0 Å². The highest BCUT2D eigenvalue weighted by Gasteiger charge is 2.53. The smallest absolute Gasteiger partial charge is 0.306 e. The Bertz CT molecular complexity index is 751. The molecule has 1 saturated carbocycles. The fourth-order valence-corrected chi connectivity index (χ4v) is 4.22. The molecule has 1 heterocycles. The molecule has 0 spiro atoms. The molecule has 1 aliphatic carbocycles. The Morgan fingerprint density at radius 3 is 2.77 bits per heavy atom. The van der Waals surface area contributed by atoms with Gasteiger partial charge < -0.3 is 9.47 Å². The van der Waals surface area contributed by atoms with E-state index < -0.39 is 0 Å². The number of hydrogen-bond donors (Lipinski definition) is 0. The zero-order valence-electron chi connectivity index (χ0n) is 13.0. The predicted octanol–water partition coefficient (Wildman–Crippen LogP) is 4.05. The second-order valence-corrected chi connectivity index (χ2v) is 6.72. The lowest BCUT2D eigenvalue weighted by atomic mass is 9.82. The number of fused-ring (bicyclic) bond motifs is 2. The molecule has 0 bridgehead atoms. The van der Waals surface area contributed by atoms with Crippen molar-refractivity contribution in [2.45, 2.75) is 37.7 Å². The average Bonchev–Trinajstić information content (AvgIpc) is 2.97. The summed E-state index contributed by atoms with van der Waals surface area (Å²) in [6.45, 7) is 2.09. The normalized spacial score (nSPS) is 30.4. The van der Waals surface area contributed by atoms with Crippen molar-refractivity contribution in [3.8, 4) is 5.75 Å². The highest BCUT2D eigenvalue weighted by atomic mass is 16.6. The summed E-state index contributed by atoms with van der Waals surface area (Å²) in [7, 11) is 1.69. The van der Waals surface area contributed by atoms with Crippen LogP contribution in [0, 0.1) is 5.92 Å². The Morgan fingerprint density at radius 2 is 1.95 bits per heavy atom. The number of hydrogen-bond acceptors (Lipinski definition) is 3. The predicted molar refractivity (Wildman–Crippen MR) is 85.1 cm³/mol. The molecule has 1 aliphatic heterocycles. The second-order valence-electron chi connectivity index (χ2n) is 6.72. The van der Waals surface area contributed by atoms with Crippen LogP contribution in [0.1, 0.15) is 37.7 Å². The van der Waals surface area contributed by atoms with Crippen LogP contribution in [0.25, 0.3) is 10.8 Å². The van der Waals surface area contributed by atoms with Gasteiger partial charge in [-0.05, 0) is 54.2 Å². The molecular formula is C19H20O3. The molecule has 0 N–H and O–H groups in total. The monoisotopic (exact) mass is 296 g/mol. The van der Waals surface area contributed by atoms with Crippen LogP contribution in [0.15, 0.2) is 36.4 Å². The van der Waals surface area contributed by atoms with E-state index in [9.17, 15) is 4.79 Å². The number of benzene rings is 2. The van der Waals surface area contributed by atoms with E-state index in [0.717, 1.165) is 18.6 Å². The van der Waals surface area contributed by atoms with E-state index in [1.54, 1.807) is 7.11 Å². The van der Waals surface area contributed by atoms with E-state index in [0.29, 0.717) is 18.3 Å². The third-order valence-electron chi connectivity index (χ3n) is 5.45. The van der Waals surface area contributed by atoms with Gasteiger partial charge >= 0.3 is 5.97 Å². The fraction of sp³-hybridized carbons (Fsp3) is 0.421. The summed E-state index contributed by atoms with van der Waals surface area (Å²) in [6.07, 6.45) is 2.62. The lowest BCUT2D eigenvalue weighted by Gasteiger charge is -2.24. The fourth-order valence-electron chi connectivity index (χ4n) is 4.22. The van der Waals surface area contributed by atoms with Gasteiger partial charge in [0.2, 0.25) is 0 Å². The van der Waals surface area contributed by atoms with Gasteiger partial charge in [0.15, 0.2) is 0 Å². The van der Waals surface area contributed by atoms with Gasteiger partial charge in [0.25, 0.3) is 0 Å². The molecule has 2 aliphatic rings. The number of esters is 1. The van der Waals surface area contributed by atoms with Crippen molar-refractivity contribution in [3.05, 3.63) is 42.0 Å². The summed E-state index contributed by atoms with van der Waals surface area (Å²) in [4.78, 5) is 11.7. The molecule has 2 aromatic rings. The van der Waals surface area contributed by atoms with E-state index in [4.69, 9.17) is 9.47 Å². The van der Waals surface area contributed by atoms with E-state index >= 15 is 0 Å². The summed E-state index contributed by atoms with van der Waals surface area (Å²) < 4.78 is 10.9. The Morgan fingerprint density at radius 1 is 1.18 bits per heavy atom. The second kappa shape index (κ2) is 4.73. The van der Waals surface area contributed by atoms with E-state index in [1.807, 2.05) is 6.07 Å². The molecule has 22 heavy (non-hydrogen) atoms. The third-order valence-corrected chi connectivity index (χ3v) is 5.45. The molecule has 2 fully saturated rings. The van der Waals surface area contributed by atoms with Crippen molar-refractivity contribution in [1.29, 1.82) is 0 Å². The van der Waals surface area contributed by atoms with Crippen LogP contribution in [0.4, 0.5) is 0 Å². The first-order valence-corrected chi connectivity index (χ1v) is 7.89. The average molecular weight is 296 g/mol. The number of methoxy groups -OCH3 is 1. The van der Waals surface area contributed by atoms with Crippen molar-refractivity contribution in [1.82, 2.24) is 0 Å². The molecule has 3 heteroatoms. The number of carbonyl (C=O) groups is 1. The van der Waals surface area contributed by atoms with Crippen molar-refractivity contribution in [2.24, 2.45) is 5.92 Å². The molecule has 3 nitrogen and oxygen atoms in total. The van der Waals surface area contributed by atoms with Crippen LogP contribution >= 0.6 is 0 Å². The summed E-state index contributed by atoms with van der Waals surface area (Å²) in [5, 5.41) is 2.40. The van der Waals surface area contributed by atoms with Crippen molar-refractivity contribution in [3.63, 3.8) is 0 Å². The summed E-state index contributed by atoms with van der Waals surface area (Å²) in [6, 6.07) is 12.8. The maximum absolute atomic E-state index is 11.7. The zero-order chi connectivity index (χ0) is 15.3. The molecule has 114 valence electrons. The SMILES string of the molecule is COc1ccc2cc([C@@H]3CC[C@@]4(C)OC(=O)C[C@@H]34)ccc2c1. The Balaban J connectivity index is 1.71. The Labute approximate surface area is 130 Å². The van der Waals surface area contributed by atoms with Crippen molar-refractivity contribution >= 4 is 16.7 Å². The zero-order valence-corrected chi connectivity index (χ0v) is 13.0. The Kier molecular flexibility index (Phi) is 2.93. The highest BCUT2D eigenvalue weighted by molar-refractivity contribution is 5.84. The van der Waals surface area contributed by atoms with Gasteiger partial charge in [-0.15, -0.1) is 0 Å². The minimum Gasteiger partial charge on any atom is -0.497 e. The molecule has 2 aromatic carbocycles. The molecule has 1 saturated heterocycles. The van der Waals surface area contributed by atoms with Gasteiger partial charge in [-0.25, -0.2) is 0 Å². The molecule has 4 rings (SSSR count). The topological polar surface area (TPSA) is 35.5 Å². The molecule has 0 radical (unpaired) electrons. The van der Waals surface area contributed by atoms with Crippen LogP contribution in [0.5, 0.6) is 5.75 Å². The van der Waals surface area contributed by atoms with Crippen LogP contribution in [-0.2, 0) is 9.53 Å². The number of rotatable bonds is 2. The van der Waals surface area contributed by atoms with Crippen molar-refractivity contribution in [2.75, 3.05) is 7.11 Å². The lowest BCUT2D eigenvalue weighted by molar-refractivity contribution is -0.147. The first kappa shape index (κ1) is 13.6. The summed E-state index contributed by atoms with van der Waals surface area (Å²) in [5.41, 5.74) is 1.07. The van der Waals surface area contributed by atoms with E-state index in [2.05, 4.69) is 37.3 Å². The molecule has 0 unspecified atom stereocenters. The third kappa shape index (κ3) is 1.99. The van der Waals surface area contributed by atoms with Crippen LogP contribution < -0.4 is 4.74 Å². The molecular weight excluding hydrogens is 276 g/mol. The molecule has 0 aromatic heterocycles. The lowest BCUT2D eigenvalue weighted by Crippen LogP contribution is -2.27. The van der Waals surface area contributed by atoms with Gasteiger partial charge in [-0.1, -0.05) is 24.3 Å². The minimum absolute atomic E-state index is 0.0391. The first-order valence-electron chi connectivity index (χ1n) is 7.89. The van der Waals surface area contributed by atoms with Gasteiger partial charge in [0.1, 0.15) is 11.4 Å². The van der Waals surface area contributed by atoms with Gasteiger partial charge in [0.05, 0.1) is 13.5 Å². The first-order chi connectivity index (χ1) is 10.6. The molecule has 3 atom stereocenters. The Hall–Kier alpha value is -2.03. The number of carbonyl (C=O) groups excluding carboxylic acids is 1. The van der Waals surface area contributed by atoms with Crippen molar-refractivity contribution < 1.29 is 14.3 Å². The minimum atomic E-state index is -0.253. The highest BCUT2D eigenvalue weighted by Crippen LogP contribution is 2.53. The maximum atomic E-state index is 11.7. The van der Waals surface area contributed by atoms with Gasteiger partial charge in [-0.2, -0.15) is 0 Å². The van der Waals surface area contributed by atoms with E-state index in [1.165, 1.54) is 16.3 Å². The van der Waals surface area contributed by atoms with Crippen LogP contribution in [0.3, 0.4) is 0 Å². The van der Waals surface area contributed by atoms with Gasteiger partial charge in [0, 0.05) is 5.92 Å². The standard InChI is InChI=1S/C19H20O3/c1-19-8-7-16(17(19)11-18(20)22-19)14-4-3-13-10-15(21-2)6-5-12(13)9-14/h3-6,9-10,16-17H,7-8,11H2,1-2H3/t16-,17-,19+/m0/s1. The van der Waals surface area contributed by atoms with E-state index in [-0.39, 0.29) is 11.6 Å². The maximum Gasteiger partial charge on any atom is 0.306 e. The van der Waals surface area contributed by atoms with Gasteiger partial charge in [-0.3, -0.25) is 4.79 Å². The van der Waals surface area contributed by atoms with Crippen LogP contribution in [-0.4, -0.2) is 18.7 Å². The summed E-state index contributed by atoms with van der Waals surface area (Å²) >= 11 is 0. The molecule has 0 amide bonds. The quantitative estimate of drug-likeness (QED) is 0.784. The number of ether oxygens (including phenoxy) is 2. The summed E-state index contributed by atoms with van der Waals surface area (Å²) in [5.74, 6) is 1.57.